The summed E-state index contributed by atoms with van der Waals surface area (Å²) < 4.78 is 5.00. The molecule has 28 heavy (non-hydrogen) atoms. The van der Waals surface area contributed by atoms with Gasteiger partial charge >= 0.3 is 5.97 Å². The third-order valence-electron chi connectivity index (χ3n) is 4.92. The van der Waals surface area contributed by atoms with E-state index in [4.69, 9.17) is 9.52 Å². The minimum atomic E-state index is -0.800. The van der Waals surface area contributed by atoms with Gasteiger partial charge in [0.15, 0.2) is 0 Å². The highest BCUT2D eigenvalue weighted by Gasteiger charge is 2.40. The fourth-order valence-electron chi connectivity index (χ4n) is 3.45. The minimum Gasteiger partial charge on any atom is -0.481 e. The minimum absolute atomic E-state index is 0.0784. The molecule has 1 aliphatic rings. The summed E-state index contributed by atoms with van der Waals surface area (Å²) in [5.41, 5.74) is 2.28. The molecule has 0 radical (unpaired) electrons. The fraction of sp³-hybridized carbons (Fsp3) is 0.550. The molecule has 7 nitrogen and oxygen atoms in total. The summed E-state index contributed by atoms with van der Waals surface area (Å²) in [4.78, 5) is 11.5. The smallest absolute Gasteiger partial charge is 0.303 e. The highest BCUT2D eigenvalue weighted by molar-refractivity contribution is 7.99. The zero-order valence-electron chi connectivity index (χ0n) is 15.7. The van der Waals surface area contributed by atoms with Gasteiger partial charge in [0.1, 0.15) is 6.26 Å². The van der Waals surface area contributed by atoms with E-state index >= 15 is 0 Å². The summed E-state index contributed by atoms with van der Waals surface area (Å²) in [5.74, 6) is -0.509. The molecule has 0 spiro atoms. The Morgan fingerprint density at radius 3 is 2.93 bits per heavy atom. The second-order valence-electron chi connectivity index (χ2n) is 7.00. The third-order valence-corrected chi connectivity index (χ3v) is 6.00. The largest absolute Gasteiger partial charge is 0.481 e. The van der Waals surface area contributed by atoms with E-state index in [0.717, 1.165) is 4.90 Å². The van der Waals surface area contributed by atoms with Gasteiger partial charge in [-0.15, -0.1) is 11.8 Å². The topological polar surface area (TPSA) is 123 Å². The Balaban J connectivity index is 1.86. The number of furan rings is 1. The first-order valence-electron chi connectivity index (χ1n) is 9.47. The van der Waals surface area contributed by atoms with E-state index < -0.39 is 18.2 Å². The summed E-state index contributed by atoms with van der Waals surface area (Å²) in [6.45, 7) is 0. The lowest BCUT2D eigenvalue weighted by molar-refractivity contribution is -0.137. The van der Waals surface area contributed by atoms with Gasteiger partial charge in [-0.05, 0) is 37.7 Å². The number of rotatable bonds is 12. The molecular formula is C20H29NO6S. The highest BCUT2D eigenvalue weighted by atomic mass is 32.2. The van der Waals surface area contributed by atoms with Crippen molar-refractivity contribution < 1.29 is 29.7 Å². The van der Waals surface area contributed by atoms with Gasteiger partial charge in [-0.2, -0.15) is 0 Å². The van der Waals surface area contributed by atoms with E-state index in [1.54, 1.807) is 18.6 Å². The molecule has 1 fully saturated rings. The van der Waals surface area contributed by atoms with Crippen LogP contribution >= 0.6 is 11.8 Å². The second-order valence-corrected chi connectivity index (χ2v) is 8.09. The SMILES string of the molecule is O=C(O)CCCC=CC[C@H]1[C@@H](O)CC(NO)[C@@H]1C=C[C@@H](O)CSc1ccoc1. The number of hydrogen-bond acceptors (Lipinski definition) is 7. The molecule has 2 rings (SSSR count). The molecule has 1 aliphatic carbocycles. The van der Waals surface area contributed by atoms with Gasteiger partial charge in [0.2, 0.25) is 0 Å². The molecule has 1 unspecified atom stereocenters. The second kappa shape index (κ2) is 12.1. The molecule has 5 N–H and O–H groups in total. The number of carboxylic acids is 1. The van der Waals surface area contributed by atoms with Crippen LogP contribution in [0.1, 0.15) is 32.1 Å². The number of hydrogen-bond donors (Lipinski definition) is 5. The maximum atomic E-state index is 10.5. The van der Waals surface area contributed by atoms with Crippen LogP contribution in [-0.2, 0) is 4.79 Å². The first-order valence-corrected chi connectivity index (χ1v) is 10.5. The molecule has 1 heterocycles. The van der Waals surface area contributed by atoms with Crippen LogP contribution in [0.3, 0.4) is 0 Å². The number of aliphatic carboxylic acids is 1. The number of carbonyl (C=O) groups is 1. The number of allylic oxidation sites excluding steroid dienone is 2. The fourth-order valence-corrected chi connectivity index (χ4v) is 4.20. The van der Waals surface area contributed by atoms with Crippen LogP contribution in [0, 0.1) is 11.8 Å². The maximum Gasteiger partial charge on any atom is 0.303 e. The Hall–Kier alpha value is -1.58. The van der Waals surface area contributed by atoms with E-state index in [-0.39, 0.29) is 24.3 Å². The Labute approximate surface area is 169 Å². The van der Waals surface area contributed by atoms with Gasteiger partial charge in [-0.1, -0.05) is 24.3 Å². The predicted molar refractivity (Wildman–Crippen MR) is 106 cm³/mol. The summed E-state index contributed by atoms with van der Waals surface area (Å²) in [6, 6.07) is 1.56. The average Bonchev–Trinajstić information content (AvgIpc) is 3.28. The van der Waals surface area contributed by atoms with Crippen molar-refractivity contribution in [3.05, 3.63) is 42.9 Å². The van der Waals surface area contributed by atoms with Crippen LogP contribution < -0.4 is 5.48 Å². The van der Waals surface area contributed by atoms with Crippen molar-refractivity contribution in [1.82, 2.24) is 5.48 Å². The van der Waals surface area contributed by atoms with Crippen molar-refractivity contribution in [1.29, 1.82) is 0 Å². The highest BCUT2D eigenvalue weighted by Crippen LogP contribution is 2.36. The van der Waals surface area contributed by atoms with Crippen LogP contribution in [-0.4, -0.2) is 50.5 Å². The van der Waals surface area contributed by atoms with Crippen molar-refractivity contribution in [2.75, 3.05) is 5.75 Å². The Kier molecular flexibility index (Phi) is 9.80. The number of nitrogens with one attached hydrogen (secondary N) is 1. The molecular weight excluding hydrogens is 382 g/mol. The average molecular weight is 412 g/mol. The lowest BCUT2D eigenvalue weighted by Crippen LogP contribution is -2.30. The van der Waals surface area contributed by atoms with Crippen LogP contribution in [0.25, 0.3) is 0 Å². The van der Waals surface area contributed by atoms with Gasteiger partial charge in [-0.3, -0.25) is 4.79 Å². The number of unbranched alkanes of at least 4 members (excludes halogenated alkanes) is 1. The number of aliphatic hydroxyl groups excluding tert-OH is 2. The molecule has 1 saturated carbocycles. The molecule has 8 heteroatoms. The zero-order valence-corrected chi connectivity index (χ0v) is 16.5. The quantitative estimate of drug-likeness (QED) is 0.154. The molecule has 0 saturated heterocycles. The Morgan fingerprint density at radius 2 is 2.25 bits per heavy atom. The standard InChI is InChI=1S/C20H29NO6S/c22-14(13-28-15-9-10-27-12-15)7-8-16-17(19(23)11-18(16)21-26)5-3-1-2-4-6-20(24)25/h1,3,7-10,12,14,16-19,21-23,26H,2,4-6,11,13H2,(H,24,25)/t14-,16-,17-,18?,19+/m1/s1. The third kappa shape index (κ3) is 7.44. The lowest BCUT2D eigenvalue weighted by atomic mass is 9.89. The van der Waals surface area contributed by atoms with E-state index in [0.29, 0.717) is 31.4 Å². The monoisotopic (exact) mass is 411 g/mol. The summed E-state index contributed by atoms with van der Waals surface area (Å²) in [7, 11) is 0. The molecule has 0 aliphatic heterocycles. The van der Waals surface area contributed by atoms with Crippen LogP contribution in [0.15, 0.2) is 52.2 Å². The Bertz CT molecular complexity index is 633. The van der Waals surface area contributed by atoms with Gasteiger partial charge < -0.3 is 24.9 Å². The van der Waals surface area contributed by atoms with Crippen molar-refractivity contribution in [2.45, 2.75) is 55.2 Å². The number of aliphatic hydroxyl groups is 2. The predicted octanol–water partition coefficient (Wildman–Crippen LogP) is 2.83. The van der Waals surface area contributed by atoms with Crippen LogP contribution in [0.2, 0.25) is 0 Å². The van der Waals surface area contributed by atoms with E-state index in [1.165, 1.54) is 11.8 Å². The molecule has 1 aromatic rings. The van der Waals surface area contributed by atoms with E-state index in [1.807, 2.05) is 24.3 Å². The first-order chi connectivity index (χ1) is 13.5. The van der Waals surface area contributed by atoms with Gasteiger partial charge in [0, 0.05) is 29.0 Å². The molecule has 156 valence electrons. The van der Waals surface area contributed by atoms with Crippen LogP contribution in [0.4, 0.5) is 0 Å². The first kappa shape index (κ1) is 22.7. The van der Waals surface area contributed by atoms with Crippen LogP contribution in [0.5, 0.6) is 0 Å². The van der Waals surface area contributed by atoms with E-state index in [9.17, 15) is 20.2 Å². The Morgan fingerprint density at radius 1 is 1.43 bits per heavy atom. The normalized spacial score (nSPS) is 26.4. The molecule has 0 bridgehead atoms. The maximum absolute atomic E-state index is 10.5. The summed E-state index contributed by atoms with van der Waals surface area (Å²) >= 11 is 1.49. The molecule has 0 aromatic carbocycles. The number of thioether (sulfide) groups is 1. The summed E-state index contributed by atoms with van der Waals surface area (Å²) in [5, 5.41) is 38.6. The van der Waals surface area contributed by atoms with Gasteiger partial charge in [0.25, 0.3) is 0 Å². The van der Waals surface area contributed by atoms with E-state index in [2.05, 4.69) is 5.48 Å². The number of hydroxylamine groups is 1. The number of carboxylic acid groups (broad SMARTS) is 1. The van der Waals surface area contributed by atoms with Crippen molar-refractivity contribution in [3.8, 4) is 0 Å². The van der Waals surface area contributed by atoms with Gasteiger partial charge in [0.05, 0.1) is 18.5 Å². The molecule has 1 aromatic heterocycles. The van der Waals surface area contributed by atoms with Crippen molar-refractivity contribution in [3.63, 3.8) is 0 Å². The van der Waals surface area contributed by atoms with Crippen molar-refractivity contribution >= 4 is 17.7 Å². The van der Waals surface area contributed by atoms with Crippen molar-refractivity contribution in [2.24, 2.45) is 11.8 Å². The lowest BCUT2D eigenvalue weighted by Gasteiger charge is -2.21. The molecule has 5 atom stereocenters. The zero-order chi connectivity index (χ0) is 20.4. The summed E-state index contributed by atoms with van der Waals surface area (Å²) in [6.07, 6.45) is 12.0. The molecule has 0 amide bonds. The van der Waals surface area contributed by atoms with Gasteiger partial charge in [-0.25, -0.2) is 5.48 Å².